The SMILES string of the molecule is CN(CC1CCCC1)C(CN)c1ccncc1. The van der Waals surface area contributed by atoms with Crippen molar-refractivity contribution in [1.82, 2.24) is 9.88 Å². The molecule has 0 aromatic carbocycles. The van der Waals surface area contributed by atoms with Crippen molar-refractivity contribution >= 4 is 0 Å². The number of aromatic nitrogens is 1. The Kier molecular flexibility index (Phi) is 4.51. The van der Waals surface area contributed by atoms with E-state index >= 15 is 0 Å². The van der Waals surface area contributed by atoms with Crippen LogP contribution >= 0.6 is 0 Å². The summed E-state index contributed by atoms with van der Waals surface area (Å²) in [5.74, 6) is 0.871. The van der Waals surface area contributed by atoms with Crippen LogP contribution in [0.25, 0.3) is 0 Å². The molecular weight excluding hydrogens is 210 g/mol. The first-order valence-electron chi connectivity index (χ1n) is 6.61. The lowest BCUT2D eigenvalue weighted by molar-refractivity contribution is 0.212. The van der Waals surface area contributed by atoms with Crippen molar-refractivity contribution in [1.29, 1.82) is 0 Å². The van der Waals surface area contributed by atoms with Gasteiger partial charge >= 0.3 is 0 Å². The third-order valence-electron chi connectivity index (χ3n) is 3.87. The van der Waals surface area contributed by atoms with E-state index in [1.165, 1.54) is 37.8 Å². The van der Waals surface area contributed by atoms with Gasteiger partial charge in [0.05, 0.1) is 0 Å². The molecule has 3 nitrogen and oxygen atoms in total. The van der Waals surface area contributed by atoms with Crippen molar-refractivity contribution < 1.29 is 0 Å². The Hall–Kier alpha value is -0.930. The van der Waals surface area contributed by atoms with Crippen molar-refractivity contribution in [3.63, 3.8) is 0 Å². The lowest BCUT2D eigenvalue weighted by Crippen LogP contribution is -2.33. The summed E-state index contributed by atoms with van der Waals surface area (Å²) < 4.78 is 0. The van der Waals surface area contributed by atoms with Gasteiger partial charge in [-0.05, 0) is 43.5 Å². The second-order valence-electron chi connectivity index (χ2n) is 5.12. The Labute approximate surface area is 104 Å². The minimum Gasteiger partial charge on any atom is -0.329 e. The second kappa shape index (κ2) is 6.12. The van der Waals surface area contributed by atoms with Gasteiger partial charge < -0.3 is 5.73 Å². The van der Waals surface area contributed by atoms with E-state index in [9.17, 15) is 0 Å². The maximum Gasteiger partial charge on any atom is 0.0468 e. The summed E-state index contributed by atoms with van der Waals surface area (Å²) in [5.41, 5.74) is 7.20. The predicted molar refractivity (Wildman–Crippen MR) is 70.6 cm³/mol. The molecule has 1 atom stereocenters. The first-order valence-corrected chi connectivity index (χ1v) is 6.61. The van der Waals surface area contributed by atoms with Crippen LogP contribution in [0.15, 0.2) is 24.5 Å². The van der Waals surface area contributed by atoms with Crippen LogP contribution in [-0.2, 0) is 0 Å². The monoisotopic (exact) mass is 233 g/mol. The summed E-state index contributed by atoms with van der Waals surface area (Å²) >= 11 is 0. The Balaban J connectivity index is 1.97. The molecule has 3 heteroatoms. The topological polar surface area (TPSA) is 42.1 Å². The number of nitrogens with two attached hydrogens (primary N) is 1. The Morgan fingerprint density at radius 2 is 2.00 bits per heavy atom. The molecule has 0 bridgehead atoms. The molecule has 2 N–H and O–H groups in total. The van der Waals surface area contributed by atoms with Crippen molar-refractivity contribution in [2.75, 3.05) is 20.1 Å². The van der Waals surface area contributed by atoms with E-state index in [4.69, 9.17) is 5.73 Å². The summed E-state index contributed by atoms with van der Waals surface area (Å²) in [5, 5.41) is 0. The number of nitrogens with zero attached hydrogens (tertiary/aromatic N) is 2. The predicted octanol–water partition coefficient (Wildman–Crippen LogP) is 2.20. The second-order valence-corrected chi connectivity index (χ2v) is 5.12. The molecule has 17 heavy (non-hydrogen) atoms. The number of pyridine rings is 1. The molecule has 0 saturated heterocycles. The highest BCUT2D eigenvalue weighted by Gasteiger charge is 2.21. The van der Waals surface area contributed by atoms with E-state index in [2.05, 4.69) is 29.1 Å². The molecule has 0 aliphatic heterocycles. The highest BCUT2D eigenvalue weighted by molar-refractivity contribution is 5.15. The zero-order valence-electron chi connectivity index (χ0n) is 10.7. The smallest absolute Gasteiger partial charge is 0.0468 e. The van der Waals surface area contributed by atoms with E-state index in [1.54, 1.807) is 0 Å². The Morgan fingerprint density at radius 3 is 2.59 bits per heavy atom. The lowest BCUT2D eigenvalue weighted by atomic mass is 10.0. The largest absolute Gasteiger partial charge is 0.329 e. The number of hydrogen-bond acceptors (Lipinski definition) is 3. The fourth-order valence-electron chi connectivity index (χ4n) is 2.88. The zero-order valence-corrected chi connectivity index (χ0v) is 10.7. The van der Waals surface area contributed by atoms with Gasteiger partial charge in [0, 0.05) is 31.5 Å². The van der Waals surface area contributed by atoms with Crippen molar-refractivity contribution in [3.05, 3.63) is 30.1 Å². The highest BCUT2D eigenvalue weighted by atomic mass is 15.1. The van der Waals surface area contributed by atoms with Gasteiger partial charge in [-0.25, -0.2) is 0 Å². The third-order valence-corrected chi connectivity index (χ3v) is 3.87. The molecule has 1 fully saturated rings. The Morgan fingerprint density at radius 1 is 1.35 bits per heavy atom. The summed E-state index contributed by atoms with van der Waals surface area (Å²) in [6.07, 6.45) is 9.28. The molecule has 2 rings (SSSR count). The average Bonchev–Trinajstić information content (AvgIpc) is 2.84. The van der Waals surface area contributed by atoms with Crippen LogP contribution in [-0.4, -0.2) is 30.0 Å². The third kappa shape index (κ3) is 3.27. The number of rotatable bonds is 5. The van der Waals surface area contributed by atoms with Crippen molar-refractivity contribution in [2.45, 2.75) is 31.7 Å². The molecule has 94 valence electrons. The van der Waals surface area contributed by atoms with Crippen LogP contribution in [0.5, 0.6) is 0 Å². The van der Waals surface area contributed by atoms with E-state index in [1.807, 2.05) is 12.4 Å². The molecule has 1 aromatic rings. The van der Waals surface area contributed by atoms with Crippen LogP contribution in [0.3, 0.4) is 0 Å². The van der Waals surface area contributed by atoms with Gasteiger partial charge in [-0.15, -0.1) is 0 Å². The Bertz CT molecular complexity index is 319. The van der Waals surface area contributed by atoms with Crippen LogP contribution in [0.4, 0.5) is 0 Å². The first-order chi connectivity index (χ1) is 8.31. The van der Waals surface area contributed by atoms with E-state index in [-0.39, 0.29) is 0 Å². The van der Waals surface area contributed by atoms with Gasteiger partial charge in [-0.3, -0.25) is 9.88 Å². The van der Waals surface area contributed by atoms with Gasteiger partial charge in [0.2, 0.25) is 0 Å². The maximum absolute atomic E-state index is 5.92. The summed E-state index contributed by atoms with van der Waals surface area (Å²) in [4.78, 5) is 6.47. The quantitative estimate of drug-likeness (QED) is 0.848. The zero-order chi connectivity index (χ0) is 12.1. The highest BCUT2D eigenvalue weighted by Crippen LogP contribution is 2.27. The number of likely N-dealkylation sites (N-methyl/N-ethyl adjacent to an activating group) is 1. The standard InChI is InChI=1S/C14H23N3/c1-17(11-12-4-2-3-5-12)14(10-15)13-6-8-16-9-7-13/h6-9,12,14H,2-5,10-11,15H2,1H3. The minimum atomic E-state index is 0.332. The summed E-state index contributed by atoms with van der Waals surface area (Å²) in [6, 6.07) is 4.48. The minimum absolute atomic E-state index is 0.332. The van der Waals surface area contributed by atoms with Gasteiger partial charge in [-0.1, -0.05) is 12.8 Å². The van der Waals surface area contributed by atoms with Crippen LogP contribution in [0, 0.1) is 5.92 Å². The molecule has 1 aliphatic carbocycles. The number of hydrogen-bond donors (Lipinski definition) is 1. The fourth-order valence-corrected chi connectivity index (χ4v) is 2.88. The van der Waals surface area contributed by atoms with Gasteiger partial charge in [-0.2, -0.15) is 0 Å². The first kappa shape index (κ1) is 12.5. The molecule has 1 aliphatic rings. The molecule has 1 saturated carbocycles. The molecule has 1 heterocycles. The van der Waals surface area contributed by atoms with Gasteiger partial charge in [0.25, 0.3) is 0 Å². The van der Waals surface area contributed by atoms with E-state index < -0.39 is 0 Å². The lowest BCUT2D eigenvalue weighted by Gasteiger charge is -2.29. The van der Waals surface area contributed by atoms with E-state index in [0.29, 0.717) is 12.6 Å². The van der Waals surface area contributed by atoms with Crippen LogP contribution < -0.4 is 5.73 Å². The van der Waals surface area contributed by atoms with E-state index in [0.717, 1.165) is 5.92 Å². The normalized spacial score (nSPS) is 18.8. The molecule has 1 unspecified atom stereocenters. The molecule has 0 radical (unpaired) electrons. The summed E-state index contributed by atoms with van der Waals surface area (Å²) in [7, 11) is 2.19. The van der Waals surface area contributed by atoms with Crippen LogP contribution in [0.1, 0.15) is 37.3 Å². The van der Waals surface area contributed by atoms with Crippen molar-refractivity contribution in [3.8, 4) is 0 Å². The maximum atomic E-state index is 5.92. The van der Waals surface area contributed by atoms with Crippen LogP contribution in [0.2, 0.25) is 0 Å². The molecule has 0 spiro atoms. The molecule has 1 aromatic heterocycles. The summed E-state index contributed by atoms with van der Waals surface area (Å²) in [6.45, 7) is 1.84. The van der Waals surface area contributed by atoms with Gasteiger partial charge in [0.15, 0.2) is 0 Å². The average molecular weight is 233 g/mol. The molecule has 0 amide bonds. The van der Waals surface area contributed by atoms with Gasteiger partial charge in [0.1, 0.15) is 0 Å². The molecular formula is C14H23N3. The fraction of sp³-hybridized carbons (Fsp3) is 0.643. The van der Waals surface area contributed by atoms with Crippen molar-refractivity contribution in [2.24, 2.45) is 11.7 Å².